The first-order valence-corrected chi connectivity index (χ1v) is 18.7. The van der Waals surface area contributed by atoms with Crippen molar-refractivity contribution in [2.45, 2.75) is 54.7 Å². The van der Waals surface area contributed by atoms with Gasteiger partial charge in [0.15, 0.2) is 16.2 Å². The molecule has 1 heterocycles. The van der Waals surface area contributed by atoms with Gasteiger partial charge in [0.1, 0.15) is 4.90 Å². The number of aromatic carboxylic acids is 1. The fourth-order valence-electron chi connectivity index (χ4n) is 5.76. The van der Waals surface area contributed by atoms with Crippen LogP contribution in [0.15, 0.2) is 62.7 Å². The molecule has 0 aromatic heterocycles. The Bertz CT molecular complexity index is 2200. The molecule has 0 unspecified atom stereocenters. The zero-order chi connectivity index (χ0) is 37.5. The predicted molar refractivity (Wildman–Crippen MR) is 184 cm³/mol. The number of carbonyl (C=O) groups is 3. The summed E-state index contributed by atoms with van der Waals surface area (Å²) in [4.78, 5) is 33.2. The number of ether oxygens (including phenoxy) is 1. The maximum absolute atomic E-state index is 14.6. The minimum Gasteiger partial charge on any atom is -0.481 e. The van der Waals surface area contributed by atoms with E-state index in [1.165, 1.54) is 49.6 Å². The van der Waals surface area contributed by atoms with Crippen molar-refractivity contribution in [1.29, 1.82) is 5.41 Å². The van der Waals surface area contributed by atoms with Crippen LogP contribution in [-0.4, -0.2) is 80.7 Å². The lowest BCUT2D eigenvalue weighted by molar-refractivity contribution is -0.137. The van der Waals surface area contributed by atoms with Crippen LogP contribution in [0.2, 0.25) is 0 Å². The Kier molecular flexibility index (Phi) is 12.4. The molecule has 0 spiro atoms. The van der Waals surface area contributed by atoms with Gasteiger partial charge in [0.05, 0.1) is 23.7 Å². The molecule has 0 fully saturated rings. The van der Waals surface area contributed by atoms with Gasteiger partial charge in [-0.1, -0.05) is 31.0 Å². The number of unbranched alkanes of at least 4 members (excludes halogenated alkanes) is 4. The van der Waals surface area contributed by atoms with E-state index in [1.54, 1.807) is 0 Å². The summed E-state index contributed by atoms with van der Waals surface area (Å²) in [6, 6.07) is 10.9. The van der Waals surface area contributed by atoms with Gasteiger partial charge in [0.2, 0.25) is 10.0 Å². The second-order valence-electron chi connectivity index (χ2n) is 11.6. The van der Waals surface area contributed by atoms with Crippen molar-refractivity contribution in [2.24, 2.45) is 0 Å². The fourth-order valence-corrected chi connectivity index (χ4v) is 8.24. The molecule has 2 aromatic carbocycles. The second kappa shape index (κ2) is 16.3. The third kappa shape index (κ3) is 8.83. The first-order chi connectivity index (χ1) is 24.1. The van der Waals surface area contributed by atoms with Gasteiger partial charge in [-0.15, -0.1) is 0 Å². The standard InChI is InChI=1S/C33H38N4O12S2/c1-48-33(42)36-17-7-3-9-19-37(18-8-2-4-12-26(38)39)50(43,44)30-24(34)15-13-22-27(20-10-5-6-11-21(20)32(40)41)23-14-16-25(35)31(51(45,46)47)29(23)49-28(22)30/h5-6,10-11,13-16,35H,2-4,7-9,12,17-19,34H2,1H3,(H,36,42)(H,38,39)(H,40,41)(H,45,46,47). The van der Waals surface area contributed by atoms with Gasteiger partial charge in [0.25, 0.3) is 10.1 Å². The number of carboxylic acids is 2. The zero-order valence-corrected chi connectivity index (χ0v) is 29.2. The highest BCUT2D eigenvalue weighted by Gasteiger charge is 2.34. The lowest BCUT2D eigenvalue weighted by Crippen LogP contribution is -2.34. The van der Waals surface area contributed by atoms with Crippen molar-refractivity contribution in [3.05, 3.63) is 59.5 Å². The molecule has 0 saturated heterocycles. The SMILES string of the molecule is COC(=O)NCCCCCN(CCCCCC(=O)O)S(=O)(=O)c1c(N)ccc2c(-c3ccccc3C(=O)O)c3ccc(=N)c(S(=O)(=O)O)c-3oc12. The Morgan fingerprint density at radius 3 is 2.18 bits per heavy atom. The van der Waals surface area contributed by atoms with Crippen LogP contribution in [0.3, 0.4) is 0 Å². The molecular formula is C33H38N4O12S2. The highest BCUT2D eigenvalue weighted by molar-refractivity contribution is 7.89. The molecule has 51 heavy (non-hydrogen) atoms. The Morgan fingerprint density at radius 1 is 0.882 bits per heavy atom. The quantitative estimate of drug-likeness (QED) is 0.0380. The molecule has 4 rings (SSSR count). The molecule has 1 amide bonds. The largest absolute Gasteiger partial charge is 0.481 e. The van der Waals surface area contributed by atoms with Crippen LogP contribution < -0.4 is 16.4 Å². The second-order valence-corrected chi connectivity index (χ2v) is 14.8. The van der Waals surface area contributed by atoms with Gasteiger partial charge in [-0.3, -0.25) is 14.8 Å². The Balaban J connectivity index is 1.95. The molecule has 1 aliphatic heterocycles. The van der Waals surface area contributed by atoms with Crippen molar-refractivity contribution < 1.29 is 55.1 Å². The smallest absolute Gasteiger partial charge is 0.406 e. The summed E-state index contributed by atoms with van der Waals surface area (Å²) in [5.41, 5.74) is 5.51. The molecule has 0 radical (unpaired) electrons. The number of nitrogens with one attached hydrogen (secondary N) is 2. The first-order valence-electron chi connectivity index (χ1n) is 15.8. The van der Waals surface area contributed by atoms with Gasteiger partial charge >= 0.3 is 18.0 Å². The number of anilines is 1. The summed E-state index contributed by atoms with van der Waals surface area (Å²) < 4.78 is 76.4. The van der Waals surface area contributed by atoms with Crippen LogP contribution in [0, 0.1) is 5.41 Å². The molecule has 0 atom stereocenters. The van der Waals surface area contributed by atoms with Crippen LogP contribution >= 0.6 is 0 Å². The lowest BCUT2D eigenvalue weighted by Gasteiger charge is -2.25. The molecule has 2 aromatic rings. The van der Waals surface area contributed by atoms with Crippen LogP contribution in [0.5, 0.6) is 0 Å². The summed E-state index contributed by atoms with van der Waals surface area (Å²) in [6.45, 7) is 0.212. The fraction of sp³-hybridized carbons (Fsp3) is 0.333. The van der Waals surface area contributed by atoms with E-state index in [9.17, 15) is 40.9 Å². The summed E-state index contributed by atoms with van der Waals surface area (Å²) >= 11 is 0. The van der Waals surface area contributed by atoms with Crippen LogP contribution in [0.25, 0.3) is 33.4 Å². The Labute approximate surface area is 293 Å². The van der Waals surface area contributed by atoms with Crippen LogP contribution in [0.4, 0.5) is 10.5 Å². The first kappa shape index (κ1) is 38.8. The number of rotatable bonds is 17. The Morgan fingerprint density at radius 2 is 1.55 bits per heavy atom. The number of benzene rings is 3. The number of sulfonamides is 1. The average molecular weight is 747 g/mol. The van der Waals surface area contributed by atoms with Gasteiger partial charge < -0.3 is 30.4 Å². The van der Waals surface area contributed by atoms with Crippen molar-refractivity contribution in [2.75, 3.05) is 32.5 Å². The topological polar surface area (TPSA) is 268 Å². The van der Waals surface area contributed by atoms with Crippen molar-refractivity contribution in [3.63, 3.8) is 0 Å². The Hall–Kier alpha value is -5.04. The van der Waals surface area contributed by atoms with E-state index < -0.39 is 64.7 Å². The molecule has 7 N–H and O–H groups in total. The number of carbonyl (C=O) groups excluding carboxylic acids is 1. The third-order valence-electron chi connectivity index (χ3n) is 8.12. The van der Waals surface area contributed by atoms with Crippen molar-refractivity contribution >= 4 is 54.8 Å². The van der Waals surface area contributed by atoms with Gasteiger partial charge in [-0.05, 0) is 61.6 Å². The monoisotopic (exact) mass is 746 g/mol. The summed E-state index contributed by atoms with van der Waals surface area (Å²) in [5, 5.41) is 29.3. The number of amides is 1. The number of carboxylic acid groups (broad SMARTS) is 2. The van der Waals surface area contributed by atoms with Crippen LogP contribution in [-0.2, 0) is 29.7 Å². The van der Waals surface area contributed by atoms with Crippen molar-refractivity contribution in [1.82, 2.24) is 9.62 Å². The molecule has 0 bridgehead atoms. The van der Waals surface area contributed by atoms with E-state index >= 15 is 0 Å². The van der Waals surface area contributed by atoms with Gasteiger partial charge in [0, 0.05) is 42.6 Å². The van der Waals surface area contributed by atoms with Crippen LogP contribution in [0.1, 0.15) is 55.3 Å². The molecular weight excluding hydrogens is 709 g/mol. The van der Waals surface area contributed by atoms with E-state index in [0.29, 0.717) is 32.1 Å². The number of fused-ring (bicyclic) bond motifs is 2. The van der Waals surface area contributed by atoms with E-state index in [0.717, 1.165) is 10.4 Å². The van der Waals surface area contributed by atoms with E-state index in [4.69, 9.17) is 20.7 Å². The number of hydrogen-bond acceptors (Lipinski definition) is 11. The number of methoxy groups -OCH3 is 1. The zero-order valence-electron chi connectivity index (χ0n) is 27.5. The summed E-state index contributed by atoms with van der Waals surface area (Å²) in [7, 11) is -8.51. The summed E-state index contributed by atoms with van der Waals surface area (Å²) in [6.07, 6.45) is 1.61. The molecule has 2 aliphatic rings. The minimum atomic E-state index is -5.14. The van der Waals surface area contributed by atoms with E-state index in [1.807, 2.05) is 0 Å². The van der Waals surface area contributed by atoms with E-state index in [2.05, 4.69) is 10.1 Å². The number of nitrogens with two attached hydrogens (primary N) is 1. The third-order valence-corrected chi connectivity index (χ3v) is 11.0. The number of alkyl carbamates (subject to hydrolysis) is 1. The lowest BCUT2D eigenvalue weighted by atomic mass is 9.90. The molecule has 1 aliphatic carbocycles. The summed E-state index contributed by atoms with van der Waals surface area (Å²) in [5.74, 6) is -2.91. The normalized spacial score (nSPS) is 12.0. The molecule has 18 heteroatoms. The number of hydrogen-bond donors (Lipinski definition) is 6. The number of aliphatic carboxylic acids is 1. The predicted octanol–water partition coefficient (Wildman–Crippen LogP) is 4.37. The van der Waals surface area contributed by atoms with Gasteiger partial charge in [-0.25, -0.2) is 18.0 Å². The van der Waals surface area contributed by atoms with Crippen molar-refractivity contribution in [3.8, 4) is 22.5 Å². The highest BCUT2D eigenvalue weighted by Crippen LogP contribution is 2.46. The number of nitrogens with zero attached hydrogens (tertiary/aromatic N) is 1. The maximum atomic E-state index is 14.6. The minimum absolute atomic E-state index is 0.0231. The molecule has 0 saturated carbocycles. The number of nitrogen functional groups attached to an aromatic ring is 1. The maximum Gasteiger partial charge on any atom is 0.406 e. The average Bonchev–Trinajstić information content (AvgIpc) is 3.06. The molecule has 274 valence electrons. The van der Waals surface area contributed by atoms with E-state index in [-0.39, 0.29) is 65.8 Å². The van der Waals surface area contributed by atoms with Gasteiger partial charge in [-0.2, -0.15) is 12.7 Å². The highest BCUT2D eigenvalue weighted by atomic mass is 32.2. The molecule has 16 nitrogen and oxygen atoms in total.